The third kappa shape index (κ3) is 3.05. The molecule has 0 amide bonds. The van der Waals surface area contributed by atoms with Gasteiger partial charge in [0.05, 0.1) is 6.61 Å². The van der Waals surface area contributed by atoms with Gasteiger partial charge in [-0.3, -0.25) is 0 Å². The Morgan fingerprint density at radius 3 is 2.89 bits per heavy atom. The van der Waals surface area contributed by atoms with Crippen LogP contribution < -0.4 is 10.1 Å². The summed E-state index contributed by atoms with van der Waals surface area (Å²) < 4.78 is 5.70. The largest absolute Gasteiger partial charge is 0.493 e. The highest BCUT2D eigenvalue weighted by Crippen LogP contribution is 2.32. The molecule has 1 N–H and O–H groups in total. The SMILES string of the molecule is CCC(C)C(C)NCC1CCOc2ccccc21. The number of fused-ring (bicyclic) bond motifs is 1. The molecule has 0 saturated heterocycles. The molecule has 0 fully saturated rings. The van der Waals surface area contributed by atoms with Crippen LogP contribution in [0.2, 0.25) is 0 Å². The quantitative estimate of drug-likeness (QED) is 0.858. The average molecular weight is 247 g/mol. The Labute approximate surface area is 111 Å². The van der Waals surface area contributed by atoms with Gasteiger partial charge in [0, 0.05) is 18.5 Å². The molecule has 0 saturated carbocycles. The Hall–Kier alpha value is -1.02. The van der Waals surface area contributed by atoms with E-state index in [1.54, 1.807) is 0 Å². The zero-order valence-corrected chi connectivity index (χ0v) is 11.8. The molecule has 3 unspecified atom stereocenters. The first kappa shape index (κ1) is 13.4. The van der Waals surface area contributed by atoms with E-state index in [0.717, 1.165) is 31.2 Å². The molecule has 2 heteroatoms. The van der Waals surface area contributed by atoms with Crippen LogP contribution in [0.15, 0.2) is 24.3 Å². The normalized spacial score (nSPS) is 21.8. The van der Waals surface area contributed by atoms with Gasteiger partial charge in [0.15, 0.2) is 0 Å². The van der Waals surface area contributed by atoms with E-state index >= 15 is 0 Å². The van der Waals surface area contributed by atoms with Gasteiger partial charge in [-0.1, -0.05) is 38.5 Å². The fourth-order valence-corrected chi connectivity index (χ4v) is 2.51. The number of benzene rings is 1. The molecular formula is C16H25NO. The molecule has 0 bridgehead atoms. The summed E-state index contributed by atoms with van der Waals surface area (Å²) in [6.07, 6.45) is 2.36. The second-order valence-electron chi connectivity index (χ2n) is 5.45. The number of hydrogen-bond donors (Lipinski definition) is 1. The molecule has 1 aromatic carbocycles. The lowest BCUT2D eigenvalue weighted by atomic mass is 9.92. The van der Waals surface area contributed by atoms with E-state index in [2.05, 4.69) is 50.4 Å². The summed E-state index contributed by atoms with van der Waals surface area (Å²) in [6.45, 7) is 8.77. The molecule has 1 heterocycles. The van der Waals surface area contributed by atoms with Crippen molar-refractivity contribution >= 4 is 0 Å². The van der Waals surface area contributed by atoms with Crippen LogP contribution in [0.3, 0.4) is 0 Å². The van der Waals surface area contributed by atoms with Crippen molar-refractivity contribution in [1.29, 1.82) is 0 Å². The Kier molecular flexibility index (Phi) is 4.65. The predicted octanol–water partition coefficient (Wildman–Crippen LogP) is 3.58. The molecule has 0 aromatic heterocycles. The van der Waals surface area contributed by atoms with Crippen molar-refractivity contribution < 1.29 is 4.74 Å². The van der Waals surface area contributed by atoms with Gasteiger partial charge in [0.1, 0.15) is 5.75 Å². The van der Waals surface area contributed by atoms with Crippen LogP contribution in [-0.2, 0) is 0 Å². The molecule has 2 nitrogen and oxygen atoms in total. The molecular weight excluding hydrogens is 222 g/mol. The first-order chi connectivity index (χ1) is 8.72. The predicted molar refractivity (Wildman–Crippen MR) is 76.2 cm³/mol. The maximum absolute atomic E-state index is 5.70. The minimum atomic E-state index is 0.588. The number of para-hydroxylation sites is 1. The molecule has 0 aliphatic carbocycles. The molecule has 1 aromatic rings. The van der Waals surface area contributed by atoms with Crippen LogP contribution in [0, 0.1) is 5.92 Å². The van der Waals surface area contributed by atoms with Crippen molar-refractivity contribution in [1.82, 2.24) is 5.32 Å². The Morgan fingerprint density at radius 2 is 2.11 bits per heavy atom. The van der Waals surface area contributed by atoms with Crippen molar-refractivity contribution in [2.45, 2.75) is 45.6 Å². The Balaban J connectivity index is 1.95. The van der Waals surface area contributed by atoms with Crippen LogP contribution in [0.25, 0.3) is 0 Å². The van der Waals surface area contributed by atoms with Crippen LogP contribution in [0.4, 0.5) is 0 Å². The zero-order valence-electron chi connectivity index (χ0n) is 11.8. The highest BCUT2D eigenvalue weighted by atomic mass is 16.5. The molecule has 18 heavy (non-hydrogen) atoms. The number of rotatable bonds is 5. The highest BCUT2D eigenvalue weighted by molar-refractivity contribution is 5.37. The van der Waals surface area contributed by atoms with Gasteiger partial charge in [-0.15, -0.1) is 0 Å². The lowest BCUT2D eigenvalue weighted by Crippen LogP contribution is -2.36. The van der Waals surface area contributed by atoms with Crippen molar-refractivity contribution in [2.24, 2.45) is 5.92 Å². The third-order valence-electron chi connectivity index (χ3n) is 4.27. The number of ether oxygens (including phenoxy) is 1. The summed E-state index contributed by atoms with van der Waals surface area (Å²) in [5.41, 5.74) is 1.37. The molecule has 0 spiro atoms. The van der Waals surface area contributed by atoms with E-state index in [4.69, 9.17) is 4.74 Å². The summed E-state index contributed by atoms with van der Waals surface area (Å²) in [4.78, 5) is 0. The van der Waals surface area contributed by atoms with Gasteiger partial charge in [-0.25, -0.2) is 0 Å². The summed E-state index contributed by atoms with van der Waals surface area (Å²) >= 11 is 0. The van der Waals surface area contributed by atoms with E-state index < -0.39 is 0 Å². The molecule has 3 atom stereocenters. The van der Waals surface area contributed by atoms with Crippen LogP contribution in [0.5, 0.6) is 5.75 Å². The summed E-state index contributed by atoms with van der Waals surface area (Å²) in [7, 11) is 0. The van der Waals surface area contributed by atoms with Crippen LogP contribution >= 0.6 is 0 Å². The second-order valence-corrected chi connectivity index (χ2v) is 5.45. The minimum absolute atomic E-state index is 0.588. The van der Waals surface area contributed by atoms with Crippen molar-refractivity contribution in [2.75, 3.05) is 13.2 Å². The molecule has 1 aliphatic rings. The molecule has 2 rings (SSSR count). The number of hydrogen-bond acceptors (Lipinski definition) is 2. The first-order valence-corrected chi connectivity index (χ1v) is 7.17. The highest BCUT2D eigenvalue weighted by Gasteiger charge is 2.21. The lowest BCUT2D eigenvalue weighted by molar-refractivity contribution is 0.259. The van der Waals surface area contributed by atoms with E-state index in [-0.39, 0.29) is 0 Å². The fraction of sp³-hybridized carbons (Fsp3) is 0.625. The van der Waals surface area contributed by atoms with Gasteiger partial charge < -0.3 is 10.1 Å². The zero-order chi connectivity index (χ0) is 13.0. The second kappa shape index (κ2) is 6.24. The maximum Gasteiger partial charge on any atom is 0.122 e. The van der Waals surface area contributed by atoms with Gasteiger partial charge in [0.25, 0.3) is 0 Å². The molecule has 100 valence electrons. The topological polar surface area (TPSA) is 21.3 Å². The Morgan fingerprint density at radius 1 is 1.33 bits per heavy atom. The summed E-state index contributed by atoms with van der Waals surface area (Å²) in [5, 5.41) is 3.69. The van der Waals surface area contributed by atoms with Crippen LogP contribution in [-0.4, -0.2) is 19.2 Å². The fourth-order valence-electron chi connectivity index (χ4n) is 2.51. The van der Waals surface area contributed by atoms with E-state index in [1.807, 2.05) is 0 Å². The van der Waals surface area contributed by atoms with E-state index in [0.29, 0.717) is 12.0 Å². The average Bonchev–Trinajstić information content (AvgIpc) is 2.43. The number of nitrogens with one attached hydrogen (secondary N) is 1. The van der Waals surface area contributed by atoms with Crippen molar-refractivity contribution in [3.8, 4) is 5.75 Å². The monoisotopic (exact) mass is 247 g/mol. The summed E-state index contributed by atoms with van der Waals surface area (Å²) in [6, 6.07) is 9.04. The van der Waals surface area contributed by atoms with Crippen LogP contribution in [0.1, 0.15) is 45.1 Å². The maximum atomic E-state index is 5.70. The van der Waals surface area contributed by atoms with E-state index in [1.165, 1.54) is 12.0 Å². The molecule has 0 radical (unpaired) electrons. The van der Waals surface area contributed by atoms with Gasteiger partial charge in [-0.2, -0.15) is 0 Å². The van der Waals surface area contributed by atoms with Gasteiger partial charge in [-0.05, 0) is 30.9 Å². The van der Waals surface area contributed by atoms with Crippen molar-refractivity contribution in [3.05, 3.63) is 29.8 Å². The van der Waals surface area contributed by atoms with Gasteiger partial charge in [0.2, 0.25) is 0 Å². The third-order valence-corrected chi connectivity index (χ3v) is 4.27. The minimum Gasteiger partial charge on any atom is -0.493 e. The standard InChI is InChI=1S/C16H25NO/c1-4-12(2)13(3)17-11-14-9-10-18-16-8-6-5-7-15(14)16/h5-8,12-14,17H,4,9-11H2,1-3H3. The Bertz CT molecular complexity index is 377. The lowest BCUT2D eigenvalue weighted by Gasteiger charge is -2.28. The van der Waals surface area contributed by atoms with Crippen molar-refractivity contribution in [3.63, 3.8) is 0 Å². The smallest absolute Gasteiger partial charge is 0.122 e. The molecule has 1 aliphatic heterocycles. The van der Waals surface area contributed by atoms with E-state index in [9.17, 15) is 0 Å². The first-order valence-electron chi connectivity index (χ1n) is 7.17. The summed E-state index contributed by atoms with van der Waals surface area (Å²) in [5.74, 6) is 2.41. The van der Waals surface area contributed by atoms with Gasteiger partial charge >= 0.3 is 0 Å².